The van der Waals surface area contributed by atoms with Gasteiger partial charge in [0.25, 0.3) is 0 Å². The molecule has 0 saturated heterocycles. The van der Waals surface area contributed by atoms with Crippen LogP contribution in [0.4, 0.5) is 11.4 Å². The van der Waals surface area contributed by atoms with Crippen LogP contribution in [0.5, 0.6) is 0 Å². The molecule has 0 radical (unpaired) electrons. The Kier molecular flexibility index (Phi) is 2.84. The van der Waals surface area contributed by atoms with Gasteiger partial charge in [-0.2, -0.15) is 0 Å². The molecule has 1 aliphatic heterocycles. The minimum absolute atomic E-state index is 0.250. The van der Waals surface area contributed by atoms with Crippen LogP contribution in [0.3, 0.4) is 0 Å². The van der Waals surface area contributed by atoms with E-state index in [-0.39, 0.29) is 6.17 Å². The fourth-order valence-corrected chi connectivity index (χ4v) is 2.43. The summed E-state index contributed by atoms with van der Waals surface area (Å²) in [5.74, 6) is 0. The van der Waals surface area contributed by atoms with Crippen molar-refractivity contribution in [1.82, 2.24) is 4.98 Å². The number of hydrogen-bond acceptors (Lipinski definition) is 3. The van der Waals surface area contributed by atoms with Crippen LogP contribution < -0.4 is 10.2 Å². The number of aromatic nitrogens is 1. The SMILES string of the molecule is CC1Nc2cnc(Cl)cc2N1Cc1ccccc1. The average molecular weight is 260 g/mol. The molecule has 1 atom stereocenters. The van der Waals surface area contributed by atoms with Gasteiger partial charge in [0.1, 0.15) is 5.15 Å². The third-order valence-electron chi connectivity index (χ3n) is 3.19. The van der Waals surface area contributed by atoms with Crippen LogP contribution in [0.15, 0.2) is 42.6 Å². The Balaban J connectivity index is 1.92. The van der Waals surface area contributed by atoms with Crippen molar-refractivity contribution < 1.29 is 0 Å². The first-order chi connectivity index (χ1) is 8.74. The third-order valence-corrected chi connectivity index (χ3v) is 3.39. The summed E-state index contributed by atoms with van der Waals surface area (Å²) in [6, 6.07) is 12.3. The minimum Gasteiger partial charge on any atom is -0.362 e. The first-order valence-corrected chi connectivity index (χ1v) is 6.34. The number of fused-ring (bicyclic) bond motifs is 1. The van der Waals surface area contributed by atoms with Gasteiger partial charge in [-0.05, 0) is 12.5 Å². The number of rotatable bonds is 2. The first kappa shape index (κ1) is 11.4. The molecule has 3 rings (SSSR count). The molecule has 0 fully saturated rings. The van der Waals surface area contributed by atoms with E-state index in [2.05, 4.69) is 46.4 Å². The molecule has 3 nitrogen and oxygen atoms in total. The molecule has 1 aromatic heterocycles. The molecule has 1 N–H and O–H groups in total. The molecule has 18 heavy (non-hydrogen) atoms. The Labute approximate surface area is 111 Å². The van der Waals surface area contributed by atoms with Gasteiger partial charge in [-0.25, -0.2) is 4.98 Å². The molecule has 1 aromatic carbocycles. The van der Waals surface area contributed by atoms with Crippen LogP contribution in [0.25, 0.3) is 0 Å². The molecule has 0 amide bonds. The molecule has 2 aromatic rings. The van der Waals surface area contributed by atoms with Crippen molar-refractivity contribution in [1.29, 1.82) is 0 Å². The lowest BCUT2D eigenvalue weighted by Gasteiger charge is -2.24. The highest BCUT2D eigenvalue weighted by atomic mass is 35.5. The lowest BCUT2D eigenvalue weighted by atomic mass is 10.2. The van der Waals surface area contributed by atoms with Gasteiger partial charge in [-0.1, -0.05) is 41.9 Å². The maximum atomic E-state index is 5.97. The van der Waals surface area contributed by atoms with E-state index >= 15 is 0 Å². The summed E-state index contributed by atoms with van der Waals surface area (Å²) in [7, 11) is 0. The highest BCUT2D eigenvalue weighted by Crippen LogP contribution is 2.36. The van der Waals surface area contributed by atoms with Crippen LogP contribution in [-0.2, 0) is 6.54 Å². The second-order valence-corrected chi connectivity index (χ2v) is 4.85. The molecule has 92 valence electrons. The van der Waals surface area contributed by atoms with E-state index < -0.39 is 0 Å². The first-order valence-electron chi connectivity index (χ1n) is 5.97. The predicted molar refractivity (Wildman–Crippen MR) is 75.0 cm³/mol. The molecule has 0 saturated carbocycles. The van der Waals surface area contributed by atoms with E-state index in [0.717, 1.165) is 17.9 Å². The van der Waals surface area contributed by atoms with Crippen LogP contribution in [-0.4, -0.2) is 11.1 Å². The lowest BCUT2D eigenvalue weighted by molar-refractivity contribution is 0.725. The van der Waals surface area contributed by atoms with E-state index in [1.54, 1.807) is 6.20 Å². The smallest absolute Gasteiger partial charge is 0.131 e. The number of halogens is 1. The normalized spacial score (nSPS) is 17.4. The number of benzene rings is 1. The van der Waals surface area contributed by atoms with Crippen molar-refractivity contribution >= 4 is 23.0 Å². The maximum absolute atomic E-state index is 5.97. The number of anilines is 2. The fourth-order valence-electron chi connectivity index (χ4n) is 2.28. The van der Waals surface area contributed by atoms with E-state index in [0.29, 0.717) is 5.15 Å². The van der Waals surface area contributed by atoms with Crippen molar-refractivity contribution in [2.45, 2.75) is 19.6 Å². The molecule has 4 heteroatoms. The Morgan fingerprint density at radius 2 is 2.11 bits per heavy atom. The molecule has 2 heterocycles. The van der Waals surface area contributed by atoms with Crippen LogP contribution in [0.2, 0.25) is 5.15 Å². The number of pyridine rings is 1. The van der Waals surface area contributed by atoms with Crippen molar-refractivity contribution in [2.75, 3.05) is 10.2 Å². The quantitative estimate of drug-likeness (QED) is 0.837. The van der Waals surface area contributed by atoms with Crippen molar-refractivity contribution in [3.8, 4) is 0 Å². The van der Waals surface area contributed by atoms with Crippen molar-refractivity contribution in [3.63, 3.8) is 0 Å². The van der Waals surface area contributed by atoms with Gasteiger partial charge in [-0.3, -0.25) is 0 Å². The standard InChI is InChI=1S/C14H14ClN3/c1-10-17-12-8-16-14(15)7-13(12)18(10)9-11-5-3-2-4-6-11/h2-8,10,17H,9H2,1H3. The van der Waals surface area contributed by atoms with Gasteiger partial charge in [0, 0.05) is 12.6 Å². The Morgan fingerprint density at radius 1 is 1.33 bits per heavy atom. The van der Waals surface area contributed by atoms with E-state index in [4.69, 9.17) is 11.6 Å². The monoisotopic (exact) mass is 259 g/mol. The number of nitrogens with one attached hydrogen (secondary N) is 1. The maximum Gasteiger partial charge on any atom is 0.131 e. The number of nitrogens with zero attached hydrogens (tertiary/aromatic N) is 2. The Hall–Kier alpha value is -1.74. The summed E-state index contributed by atoms with van der Waals surface area (Å²) >= 11 is 5.97. The molecular formula is C14H14ClN3. The average Bonchev–Trinajstić information content (AvgIpc) is 2.67. The highest BCUT2D eigenvalue weighted by Gasteiger charge is 2.25. The topological polar surface area (TPSA) is 28.2 Å². The van der Waals surface area contributed by atoms with Gasteiger partial charge in [0.2, 0.25) is 0 Å². The predicted octanol–water partition coefficient (Wildman–Crippen LogP) is 3.51. The second-order valence-electron chi connectivity index (χ2n) is 4.46. The molecule has 1 aliphatic rings. The van der Waals surface area contributed by atoms with Crippen LogP contribution in [0, 0.1) is 0 Å². The number of hydrogen-bond donors (Lipinski definition) is 1. The zero-order valence-corrected chi connectivity index (χ0v) is 10.9. The largest absolute Gasteiger partial charge is 0.362 e. The molecular weight excluding hydrogens is 246 g/mol. The van der Waals surface area contributed by atoms with Gasteiger partial charge in [0.05, 0.1) is 23.7 Å². The molecule has 0 spiro atoms. The molecule has 0 bridgehead atoms. The highest BCUT2D eigenvalue weighted by molar-refractivity contribution is 6.29. The van der Waals surface area contributed by atoms with Gasteiger partial charge >= 0.3 is 0 Å². The van der Waals surface area contributed by atoms with Crippen molar-refractivity contribution in [2.24, 2.45) is 0 Å². The van der Waals surface area contributed by atoms with Crippen LogP contribution in [0.1, 0.15) is 12.5 Å². The summed E-state index contributed by atoms with van der Waals surface area (Å²) in [6.45, 7) is 3.00. The summed E-state index contributed by atoms with van der Waals surface area (Å²) in [5.41, 5.74) is 3.45. The molecule has 0 aliphatic carbocycles. The summed E-state index contributed by atoms with van der Waals surface area (Å²) in [5, 5.41) is 3.93. The molecule has 1 unspecified atom stereocenters. The summed E-state index contributed by atoms with van der Waals surface area (Å²) < 4.78 is 0. The van der Waals surface area contributed by atoms with E-state index in [1.165, 1.54) is 5.56 Å². The summed E-state index contributed by atoms with van der Waals surface area (Å²) in [6.07, 6.45) is 2.04. The van der Waals surface area contributed by atoms with E-state index in [9.17, 15) is 0 Å². The zero-order valence-electron chi connectivity index (χ0n) is 10.1. The lowest BCUT2D eigenvalue weighted by Crippen LogP contribution is -2.32. The van der Waals surface area contributed by atoms with E-state index in [1.807, 2.05) is 12.1 Å². The van der Waals surface area contributed by atoms with Gasteiger partial charge in [0.15, 0.2) is 0 Å². The Morgan fingerprint density at radius 3 is 2.89 bits per heavy atom. The van der Waals surface area contributed by atoms with Gasteiger partial charge in [-0.15, -0.1) is 0 Å². The second kappa shape index (κ2) is 4.50. The minimum atomic E-state index is 0.250. The van der Waals surface area contributed by atoms with Crippen molar-refractivity contribution in [3.05, 3.63) is 53.3 Å². The Bertz CT molecular complexity index is 556. The third kappa shape index (κ3) is 2.02. The fraction of sp³-hybridized carbons (Fsp3) is 0.214. The zero-order chi connectivity index (χ0) is 12.5. The summed E-state index contributed by atoms with van der Waals surface area (Å²) in [4.78, 5) is 6.39. The van der Waals surface area contributed by atoms with Gasteiger partial charge < -0.3 is 10.2 Å². The van der Waals surface area contributed by atoms with Crippen LogP contribution >= 0.6 is 11.6 Å².